The zero-order valence-electron chi connectivity index (χ0n) is 17.1. The number of rotatable bonds is 3. The first-order chi connectivity index (χ1) is 14.8. The monoisotopic (exact) mass is 403 g/mol. The van der Waals surface area contributed by atoms with Gasteiger partial charge in [0.15, 0.2) is 6.23 Å². The molecule has 30 heavy (non-hydrogen) atoms. The van der Waals surface area contributed by atoms with Crippen molar-refractivity contribution in [1.82, 2.24) is 19.7 Å². The van der Waals surface area contributed by atoms with Crippen molar-refractivity contribution in [1.29, 1.82) is 0 Å². The Morgan fingerprint density at radius 1 is 1.20 bits per heavy atom. The second-order valence-corrected chi connectivity index (χ2v) is 7.83. The number of anilines is 1. The standard InChI is InChI=1S/C23H25N5O2/c1-3-17-14-20(27-11-13-29-15-16(27)2)26-22-18(17)7-9-24-23(22)19-8-10-25-28(19)21-6-4-5-12-30-21/h1,7-10,14,16,21H,4-6,11-13,15H2,2H3/t16-,21?/m1/s1. The SMILES string of the molecule is C#Cc1cc(N2CCOC[C@H]2C)nc2c(-c3ccnn3C3CCCCO3)nccc12. The van der Waals surface area contributed by atoms with Crippen LogP contribution in [0.15, 0.2) is 30.6 Å². The third kappa shape index (κ3) is 3.32. The molecule has 0 spiro atoms. The molecule has 0 amide bonds. The summed E-state index contributed by atoms with van der Waals surface area (Å²) < 4.78 is 13.5. The minimum absolute atomic E-state index is 0.0737. The van der Waals surface area contributed by atoms with Crippen LogP contribution in [-0.4, -0.2) is 52.2 Å². The van der Waals surface area contributed by atoms with E-state index >= 15 is 0 Å². The van der Waals surface area contributed by atoms with Crippen molar-refractivity contribution < 1.29 is 9.47 Å². The summed E-state index contributed by atoms with van der Waals surface area (Å²) in [6.45, 7) is 5.04. The van der Waals surface area contributed by atoms with Gasteiger partial charge < -0.3 is 14.4 Å². The lowest BCUT2D eigenvalue weighted by molar-refractivity contribution is -0.0383. The van der Waals surface area contributed by atoms with Crippen LogP contribution in [0.1, 0.15) is 38.0 Å². The number of hydrogen-bond acceptors (Lipinski definition) is 6. The summed E-state index contributed by atoms with van der Waals surface area (Å²) in [5.74, 6) is 3.70. The summed E-state index contributed by atoms with van der Waals surface area (Å²) in [5.41, 5.74) is 3.28. The molecule has 0 saturated carbocycles. The third-order valence-electron chi connectivity index (χ3n) is 5.87. The molecule has 3 aromatic rings. The second-order valence-electron chi connectivity index (χ2n) is 7.83. The molecule has 0 aromatic carbocycles. The quantitative estimate of drug-likeness (QED) is 0.625. The van der Waals surface area contributed by atoms with E-state index in [1.54, 1.807) is 12.4 Å². The number of pyridine rings is 2. The molecule has 3 aromatic heterocycles. The van der Waals surface area contributed by atoms with E-state index in [4.69, 9.17) is 25.9 Å². The number of nitrogens with zero attached hydrogens (tertiary/aromatic N) is 5. The van der Waals surface area contributed by atoms with Gasteiger partial charge in [0.1, 0.15) is 17.0 Å². The Bertz CT molecular complexity index is 1100. The summed E-state index contributed by atoms with van der Waals surface area (Å²) in [5, 5.41) is 5.47. The molecular weight excluding hydrogens is 378 g/mol. The van der Waals surface area contributed by atoms with Crippen molar-refractivity contribution in [3.8, 4) is 23.7 Å². The second kappa shape index (κ2) is 8.05. The first kappa shape index (κ1) is 19.0. The predicted octanol–water partition coefficient (Wildman–Crippen LogP) is 3.40. The van der Waals surface area contributed by atoms with Gasteiger partial charge in [0.25, 0.3) is 0 Å². The van der Waals surface area contributed by atoms with E-state index in [0.29, 0.717) is 13.2 Å². The van der Waals surface area contributed by atoms with Crippen LogP contribution in [0.3, 0.4) is 0 Å². The van der Waals surface area contributed by atoms with E-state index in [0.717, 1.165) is 66.1 Å². The number of morpholine rings is 1. The number of terminal acetylenes is 1. The maximum Gasteiger partial charge on any atom is 0.150 e. The van der Waals surface area contributed by atoms with E-state index < -0.39 is 0 Å². The van der Waals surface area contributed by atoms with Crippen LogP contribution in [0.5, 0.6) is 0 Å². The fourth-order valence-electron chi connectivity index (χ4n) is 4.31. The molecule has 0 aliphatic carbocycles. The molecule has 7 heteroatoms. The first-order valence-corrected chi connectivity index (χ1v) is 10.5. The van der Waals surface area contributed by atoms with E-state index in [1.165, 1.54) is 0 Å². The average Bonchev–Trinajstić information content (AvgIpc) is 3.28. The summed E-state index contributed by atoms with van der Waals surface area (Å²) in [4.78, 5) is 12.0. The van der Waals surface area contributed by atoms with E-state index in [9.17, 15) is 0 Å². The van der Waals surface area contributed by atoms with Gasteiger partial charge in [-0.15, -0.1) is 6.42 Å². The maximum atomic E-state index is 5.97. The van der Waals surface area contributed by atoms with Crippen LogP contribution in [0.25, 0.3) is 22.3 Å². The summed E-state index contributed by atoms with van der Waals surface area (Å²) in [7, 11) is 0. The molecule has 154 valence electrons. The lowest BCUT2D eigenvalue weighted by atomic mass is 10.1. The van der Waals surface area contributed by atoms with Crippen LogP contribution in [0.2, 0.25) is 0 Å². The van der Waals surface area contributed by atoms with Crippen molar-refractivity contribution in [2.24, 2.45) is 0 Å². The van der Waals surface area contributed by atoms with Crippen LogP contribution in [0, 0.1) is 12.3 Å². The zero-order chi connectivity index (χ0) is 20.5. The van der Waals surface area contributed by atoms with Crippen molar-refractivity contribution in [2.75, 3.05) is 31.3 Å². The van der Waals surface area contributed by atoms with Crippen LogP contribution >= 0.6 is 0 Å². The molecule has 1 unspecified atom stereocenters. The van der Waals surface area contributed by atoms with Gasteiger partial charge >= 0.3 is 0 Å². The van der Waals surface area contributed by atoms with Crippen LogP contribution in [0.4, 0.5) is 5.82 Å². The zero-order valence-corrected chi connectivity index (χ0v) is 17.1. The highest BCUT2D eigenvalue weighted by atomic mass is 16.5. The summed E-state index contributed by atoms with van der Waals surface area (Å²) in [6.07, 6.45) is 12.6. The van der Waals surface area contributed by atoms with Crippen molar-refractivity contribution in [3.05, 3.63) is 36.2 Å². The summed E-state index contributed by atoms with van der Waals surface area (Å²) in [6, 6.07) is 6.14. The Kier molecular flexibility index (Phi) is 5.11. The van der Waals surface area contributed by atoms with Crippen LogP contribution in [-0.2, 0) is 9.47 Å². The van der Waals surface area contributed by atoms with E-state index in [-0.39, 0.29) is 12.3 Å². The van der Waals surface area contributed by atoms with E-state index in [1.807, 2.05) is 22.9 Å². The normalized spacial score (nSPS) is 22.2. The van der Waals surface area contributed by atoms with Crippen LogP contribution < -0.4 is 4.90 Å². The average molecular weight is 403 g/mol. The third-order valence-corrected chi connectivity index (χ3v) is 5.87. The molecule has 7 nitrogen and oxygen atoms in total. The molecule has 2 aliphatic heterocycles. The van der Waals surface area contributed by atoms with Gasteiger partial charge in [-0.3, -0.25) is 4.98 Å². The minimum atomic E-state index is -0.0737. The Morgan fingerprint density at radius 2 is 2.13 bits per heavy atom. The van der Waals surface area contributed by atoms with E-state index in [2.05, 4.69) is 22.8 Å². The van der Waals surface area contributed by atoms with Gasteiger partial charge in [-0.05, 0) is 44.4 Å². The van der Waals surface area contributed by atoms with Gasteiger partial charge in [0.05, 0.1) is 24.9 Å². The molecule has 0 radical (unpaired) electrons. The fraction of sp³-hybridized carbons (Fsp3) is 0.435. The van der Waals surface area contributed by atoms with Crippen molar-refractivity contribution in [3.63, 3.8) is 0 Å². The lowest BCUT2D eigenvalue weighted by Crippen LogP contribution is -2.44. The molecule has 0 N–H and O–H groups in total. The fourth-order valence-corrected chi connectivity index (χ4v) is 4.31. The van der Waals surface area contributed by atoms with Gasteiger partial charge in [-0.2, -0.15) is 5.10 Å². The Balaban J connectivity index is 1.66. The number of hydrogen-bond donors (Lipinski definition) is 0. The van der Waals surface area contributed by atoms with Crippen molar-refractivity contribution in [2.45, 2.75) is 38.5 Å². The van der Waals surface area contributed by atoms with Gasteiger partial charge in [-0.25, -0.2) is 9.67 Å². The van der Waals surface area contributed by atoms with Gasteiger partial charge in [0, 0.05) is 36.5 Å². The minimum Gasteiger partial charge on any atom is -0.377 e. The Morgan fingerprint density at radius 3 is 2.93 bits per heavy atom. The molecule has 5 rings (SSSR count). The van der Waals surface area contributed by atoms with Crippen molar-refractivity contribution >= 4 is 16.7 Å². The molecule has 0 bridgehead atoms. The Hall–Kier alpha value is -2.95. The number of ether oxygens (including phenoxy) is 2. The Labute approximate surface area is 176 Å². The number of fused-ring (bicyclic) bond motifs is 1. The smallest absolute Gasteiger partial charge is 0.150 e. The first-order valence-electron chi connectivity index (χ1n) is 10.5. The molecular formula is C23H25N5O2. The van der Waals surface area contributed by atoms with Gasteiger partial charge in [-0.1, -0.05) is 5.92 Å². The molecule has 2 atom stereocenters. The molecule has 5 heterocycles. The largest absolute Gasteiger partial charge is 0.377 e. The maximum absolute atomic E-state index is 5.97. The molecule has 2 saturated heterocycles. The predicted molar refractivity (Wildman–Crippen MR) is 115 cm³/mol. The summed E-state index contributed by atoms with van der Waals surface area (Å²) >= 11 is 0. The number of aromatic nitrogens is 4. The molecule has 2 aliphatic rings. The highest BCUT2D eigenvalue weighted by Gasteiger charge is 2.24. The lowest BCUT2D eigenvalue weighted by Gasteiger charge is -2.34. The van der Waals surface area contributed by atoms with Gasteiger partial charge in [0.2, 0.25) is 0 Å². The molecule has 2 fully saturated rings. The topological polar surface area (TPSA) is 65.3 Å². The highest BCUT2D eigenvalue weighted by Crippen LogP contribution is 2.33. The highest BCUT2D eigenvalue weighted by molar-refractivity contribution is 5.95.